The molecule has 1 amide bonds. The van der Waals surface area contributed by atoms with Crippen molar-refractivity contribution in [3.63, 3.8) is 0 Å². The van der Waals surface area contributed by atoms with E-state index in [1.807, 2.05) is 12.1 Å². The lowest BCUT2D eigenvalue weighted by atomic mass is 10.2. The van der Waals surface area contributed by atoms with Gasteiger partial charge in [-0.2, -0.15) is 4.98 Å². The molecule has 0 spiro atoms. The van der Waals surface area contributed by atoms with E-state index in [4.69, 9.17) is 25.6 Å². The van der Waals surface area contributed by atoms with Crippen LogP contribution in [0.2, 0.25) is 5.02 Å². The first-order chi connectivity index (χ1) is 13.0. The van der Waals surface area contributed by atoms with Crippen molar-refractivity contribution in [3.8, 4) is 23.0 Å². The number of hydrogen-bond donors (Lipinski definition) is 1. The van der Waals surface area contributed by atoms with Crippen molar-refractivity contribution >= 4 is 17.5 Å². The van der Waals surface area contributed by atoms with Crippen molar-refractivity contribution in [2.24, 2.45) is 0 Å². The first-order valence-electron chi connectivity index (χ1n) is 8.22. The Bertz CT molecular complexity index is 911. The van der Waals surface area contributed by atoms with Crippen LogP contribution in [0.5, 0.6) is 11.5 Å². The summed E-state index contributed by atoms with van der Waals surface area (Å²) in [5.74, 6) is 1.69. The van der Waals surface area contributed by atoms with Crippen LogP contribution in [0.4, 0.5) is 0 Å². The minimum atomic E-state index is -0.698. The number of carbonyl (C=O) groups is 1. The Morgan fingerprint density at radius 3 is 2.70 bits per heavy atom. The van der Waals surface area contributed by atoms with Crippen molar-refractivity contribution in [2.45, 2.75) is 19.6 Å². The molecule has 0 unspecified atom stereocenters. The van der Waals surface area contributed by atoms with E-state index in [0.29, 0.717) is 22.5 Å². The van der Waals surface area contributed by atoms with Gasteiger partial charge in [-0.3, -0.25) is 4.79 Å². The SMILES string of the molecule is COc1ccc(-c2nc(CNC(=O)[C@H](C)Oc3cccc(Cl)c3)no2)cc1. The van der Waals surface area contributed by atoms with Gasteiger partial charge in [0.2, 0.25) is 0 Å². The van der Waals surface area contributed by atoms with Gasteiger partial charge in [-0.25, -0.2) is 0 Å². The molecule has 0 fully saturated rings. The predicted molar refractivity (Wildman–Crippen MR) is 99.7 cm³/mol. The average molecular weight is 388 g/mol. The van der Waals surface area contributed by atoms with Crippen LogP contribution < -0.4 is 14.8 Å². The van der Waals surface area contributed by atoms with E-state index in [2.05, 4.69) is 15.5 Å². The summed E-state index contributed by atoms with van der Waals surface area (Å²) in [7, 11) is 1.60. The summed E-state index contributed by atoms with van der Waals surface area (Å²) in [5, 5.41) is 7.13. The van der Waals surface area contributed by atoms with Gasteiger partial charge in [0.25, 0.3) is 11.8 Å². The Hall–Kier alpha value is -3.06. The van der Waals surface area contributed by atoms with Crippen molar-refractivity contribution in [1.29, 1.82) is 0 Å². The van der Waals surface area contributed by atoms with Crippen LogP contribution in [-0.2, 0) is 11.3 Å². The number of ether oxygens (including phenoxy) is 2. The first-order valence-corrected chi connectivity index (χ1v) is 8.60. The molecule has 1 N–H and O–H groups in total. The zero-order valence-electron chi connectivity index (χ0n) is 14.8. The standard InChI is InChI=1S/C19H18ClN3O4/c1-12(26-16-5-3-4-14(20)10-16)18(24)21-11-17-22-19(27-23-17)13-6-8-15(25-2)9-7-13/h3-10,12H,11H2,1-2H3,(H,21,24)/t12-/m0/s1. The second-order valence-electron chi connectivity index (χ2n) is 5.68. The molecule has 1 heterocycles. The van der Waals surface area contributed by atoms with Crippen molar-refractivity contribution in [2.75, 3.05) is 7.11 Å². The zero-order chi connectivity index (χ0) is 19.2. The highest BCUT2D eigenvalue weighted by atomic mass is 35.5. The monoisotopic (exact) mass is 387 g/mol. The highest BCUT2D eigenvalue weighted by Gasteiger charge is 2.16. The third-order valence-corrected chi connectivity index (χ3v) is 3.94. The summed E-state index contributed by atoms with van der Waals surface area (Å²) in [5.41, 5.74) is 0.763. The second-order valence-corrected chi connectivity index (χ2v) is 6.12. The van der Waals surface area contributed by atoms with E-state index in [0.717, 1.165) is 11.3 Å². The lowest BCUT2D eigenvalue weighted by molar-refractivity contribution is -0.127. The van der Waals surface area contributed by atoms with Gasteiger partial charge in [0.05, 0.1) is 13.7 Å². The molecule has 27 heavy (non-hydrogen) atoms. The van der Waals surface area contributed by atoms with E-state index < -0.39 is 6.10 Å². The molecule has 0 saturated heterocycles. The summed E-state index contributed by atoms with van der Waals surface area (Å²) >= 11 is 5.90. The van der Waals surface area contributed by atoms with Gasteiger partial charge < -0.3 is 19.3 Å². The quantitative estimate of drug-likeness (QED) is 0.667. The zero-order valence-corrected chi connectivity index (χ0v) is 15.6. The Labute approximate surface area is 161 Å². The maximum Gasteiger partial charge on any atom is 0.261 e. The van der Waals surface area contributed by atoms with Crippen LogP contribution in [-0.4, -0.2) is 29.3 Å². The number of benzene rings is 2. The Kier molecular flexibility index (Phi) is 5.93. The van der Waals surface area contributed by atoms with Gasteiger partial charge in [0.1, 0.15) is 11.5 Å². The fourth-order valence-corrected chi connectivity index (χ4v) is 2.46. The van der Waals surface area contributed by atoms with Gasteiger partial charge in [0, 0.05) is 10.6 Å². The molecule has 0 saturated carbocycles. The van der Waals surface area contributed by atoms with E-state index in [1.165, 1.54) is 0 Å². The molecule has 2 aromatic carbocycles. The van der Waals surface area contributed by atoms with Gasteiger partial charge in [-0.1, -0.05) is 22.8 Å². The van der Waals surface area contributed by atoms with Crippen LogP contribution >= 0.6 is 11.6 Å². The first kappa shape index (κ1) is 18.7. The topological polar surface area (TPSA) is 86.5 Å². The van der Waals surface area contributed by atoms with Crippen molar-refractivity contribution in [3.05, 3.63) is 59.4 Å². The number of carbonyl (C=O) groups excluding carboxylic acids is 1. The van der Waals surface area contributed by atoms with Gasteiger partial charge in [0.15, 0.2) is 11.9 Å². The van der Waals surface area contributed by atoms with E-state index in [-0.39, 0.29) is 12.5 Å². The fourth-order valence-electron chi connectivity index (χ4n) is 2.28. The van der Waals surface area contributed by atoms with Crippen molar-refractivity contribution < 1.29 is 18.8 Å². The number of methoxy groups -OCH3 is 1. The predicted octanol–water partition coefficient (Wildman–Crippen LogP) is 3.48. The summed E-state index contributed by atoms with van der Waals surface area (Å²) in [6.07, 6.45) is -0.698. The summed E-state index contributed by atoms with van der Waals surface area (Å²) in [6.45, 7) is 1.77. The van der Waals surface area contributed by atoms with Crippen LogP contribution in [0, 0.1) is 0 Å². The average Bonchev–Trinajstić information content (AvgIpc) is 3.15. The number of nitrogens with one attached hydrogen (secondary N) is 1. The normalized spacial score (nSPS) is 11.7. The number of halogens is 1. The number of aromatic nitrogens is 2. The summed E-state index contributed by atoms with van der Waals surface area (Å²) < 4.78 is 15.9. The molecule has 1 aromatic heterocycles. The lowest BCUT2D eigenvalue weighted by Crippen LogP contribution is -2.36. The van der Waals surface area contributed by atoms with E-state index >= 15 is 0 Å². The molecule has 0 bridgehead atoms. The number of hydrogen-bond acceptors (Lipinski definition) is 6. The molecule has 0 aliphatic carbocycles. The van der Waals surface area contributed by atoms with E-state index in [1.54, 1.807) is 50.4 Å². The van der Waals surface area contributed by atoms with Gasteiger partial charge in [-0.05, 0) is 49.4 Å². The molecule has 0 radical (unpaired) electrons. The Morgan fingerprint density at radius 2 is 2.00 bits per heavy atom. The molecule has 8 heteroatoms. The fraction of sp³-hybridized carbons (Fsp3) is 0.211. The Balaban J connectivity index is 1.55. The van der Waals surface area contributed by atoms with Crippen molar-refractivity contribution in [1.82, 2.24) is 15.5 Å². The number of nitrogens with zero attached hydrogens (tertiary/aromatic N) is 2. The Morgan fingerprint density at radius 1 is 1.22 bits per heavy atom. The summed E-state index contributed by atoms with van der Waals surface area (Å²) in [6, 6.07) is 14.1. The second kappa shape index (κ2) is 8.55. The molecule has 0 aliphatic rings. The minimum Gasteiger partial charge on any atom is -0.497 e. The summed E-state index contributed by atoms with van der Waals surface area (Å²) in [4.78, 5) is 16.5. The molecule has 3 aromatic rings. The molecule has 1 atom stereocenters. The molecular weight excluding hydrogens is 370 g/mol. The minimum absolute atomic E-state index is 0.127. The third-order valence-electron chi connectivity index (χ3n) is 3.70. The largest absolute Gasteiger partial charge is 0.497 e. The lowest BCUT2D eigenvalue weighted by Gasteiger charge is -2.14. The smallest absolute Gasteiger partial charge is 0.261 e. The third kappa shape index (κ3) is 4.98. The highest BCUT2D eigenvalue weighted by Crippen LogP contribution is 2.21. The maximum absolute atomic E-state index is 12.2. The van der Waals surface area contributed by atoms with Crippen LogP contribution in [0.3, 0.4) is 0 Å². The molecule has 7 nitrogen and oxygen atoms in total. The highest BCUT2D eigenvalue weighted by molar-refractivity contribution is 6.30. The molecule has 0 aliphatic heterocycles. The molecular formula is C19H18ClN3O4. The van der Waals surface area contributed by atoms with Gasteiger partial charge >= 0.3 is 0 Å². The van der Waals surface area contributed by atoms with Crippen LogP contribution in [0.25, 0.3) is 11.5 Å². The number of amides is 1. The number of rotatable bonds is 7. The van der Waals surface area contributed by atoms with E-state index in [9.17, 15) is 4.79 Å². The van der Waals surface area contributed by atoms with Crippen LogP contribution in [0.15, 0.2) is 53.1 Å². The molecule has 3 rings (SSSR count). The molecule has 140 valence electrons. The van der Waals surface area contributed by atoms with Gasteiger partial charge in [-0.15, -0.1) is 0 Å². The maximum atomic E-state index is 12.2. The van der Waals surface area contributed by atoms with Crippen LogP contribution in [0.1, 0.15) is 12.7 Å².